The van der Waals surface area contributed by atoms with Crippen LogP contribution in [0.15, 0.2) is 48.7 Å². The van der Waals surface area contributed by atoms with Crippen molar-refractivity contribution in [2.24, 2.45) is 0 Å². The second-order valence-electron chi connectivity index (χ2n) is 8.07. The van der Waals surface area contributed by atoms with Crippen LogP contribution in [-0.4, -0.2) is 42.3 Å². The molecule has 3 aromatic rings. The average Bonchev–Trinajstić information content (AvgIpc) is 2.77. The van der Waals surface area contributed by atoms with Gasteiger partial charge in [0.1, 0.15) is 5.60 Å². The van der Waals surface area contributed by atoms with E-state index in [0.29, 0.717) is 12.8 Å². The minimum absolute atomic E-state index is 0.137. The van der Waals surface area contributed by atoms with Crippen LogP contribution in [0.2, 0.25) is 0 Å². The van der Waals surface area contributed by atoms with Crippen molar-refractivity contribution in [3.8, 4) is 11.5 Å². The molecule has 0 bridgehead atoms. The number of methoxy groups -OCH3 is 2. The summed E-state index contributed by atoms with van der Waals surface area (Å²) in [7, 11) is 3.34. The van der Waals surface area contributed by atoms with Crippen LogP contribution in [0, 0.1) is 0 Å². The summed E-state index contributed by atoms with van der Waals surface area (Å²) < 4.78 is 11.1. The number of aliphatic hydroxyl groups is 1. The second kappa shape index (κ2) is 7.01. The number of nitrogens with zero attached hydrogens (tertiary/aromatic N) is 2. The highest BCUT2D eigenvalue weighted by Gasteiger charge is 2.44. The minimum atomic E-state index is -0.955. The normalized spacial score (nSPS) is 24.0. The number of ether oxygens (including phenoxy) is 2. The predicted molar refractivity (Wildman–Crippen MR) is 112 cm³/mol. The number of hydrogen-bond donors (Lipinski definition) is 1. The van der Waals surface area contributed by atoms with E-state index in [-0.39, 0.29) is 6.04 Å². The molecule has 3 heterocycles. The summed E-state index contributed by atoms with van der Waals surface area (Å²) in [4.78, 5) is 7.12. The van der Waals surface area contributed by atoms with Crippen LogP contribution in [0.25, 0.3) is 10.8 Å². The molecule has 5 heteroatoms. The van der Waals surface area contributed by atoms with E-state index in [1.165, 1.54) is 11.1 Å². The molecule has 2 aliphatic rings. The summed E-state index contributed by atoms with van der Waals surface area (Å²) in [5, 5.41) is 13.9. The molecule has 1 N–H and O–H groups in total. The number of aromatic nitrogens is 1. The molecule has 5 rings (SSSR count). The van der Waals surface area contributed by atoms with Crippen molar-refractivity contribution in [3.05, 3.63) is 65.5 Å². The molecule has 150 valence electrons. The second-order valence-corrected chi connectivity index (χ2v) is 8.07. The van der Waals surface area contributed by atoms with Gasteiger partial charge in [-0.1, -0.05) is 24.3 Å². The van der Waals surface area contributed by atoms with E-state index in [1.807, 2.05) is 24.4 Å². The summed E-state index contributed by atoms with van der Waals surface area (Å²) in [6, 6.07) is 14.5. The zero-order valence-corrected chi connectivity index (χ0v) is 16.9. The first-order chi connectivity index (χ1) is 14.1. The molecule has 1 fully saturated rings. The molecule has 0 spiro atoms. The van der Waals surface area contributed by atoms with Crippen LogP contribution < -0.4 is 9.47 Å². The van der Waals surface area contributed by atoms with Crippen molar-refractivity contribution in [2.45, 2.75) is 30.9 Å². The topological polar surface area (TPSA) is 54.8 Å². The van der Waals surface area contributed by atoms with Crippen molar-refractivity contribution in [1.29, 1.82) is 0 Å². The molecular weight excluding hydrogens is 364 g/mol. The molecule has 29 heavy (non-hydrogen) atoms. The molecule has 5 nitrogen and oxygen atoms in total. The van der Waals surface area contributed by atoms with Gasteiger partial charge < -0.3 is 14.6 Å². The highest BCUT2D eigenvalue weighted by Crippen LogP contribution is 2.47. The van der Waals surface area contributed by atoms with Crippen LogP contribution in [0.5, 0.6) is 11.5 Å². The molecule has 0 aliphatic carbocycles. The number of rotatable bonds is 3. The van der Waals surface area contributed by atoms with E-state index in [0.717, 1.165) is 47.5 Å². The van der Waals surface area contributed by atoms with Gasteiger partial charge in [-0.25, -0.2) is 0 Å². The van der Waals surface area contributed by atoms with E-state index < -0.39 is 5.60 Å². The Labute approximate surface area is 170 Å². The summed E-state index contributed by atoms with van der Waals surface area (Å²) in [6.07, 6.45) is 4.10. The van der Waals surface area contributed by atoms with Crippen molar-refractivity contribution >= 4 is 10.8 Å². The lowest BCUT2D eigenvalue weighted by Crippen LogP contribution is -2.47. The zero-order chi connectivity index (χ0) is 20.0. The Kier molecular flexibility index (Phi) is 4.45. The largest absolute Gasteiger partial charge is 0.493 e. The van der Waals surface area contributed by atoms with E-state index in [9.17, 15) is 5.11 Å². The predicted octanol–water partition coefficient (Wildman–Crippen LogP) is 3.83. The van der Waals surface area contributed by atoms with Crippen molar-refractivity contribution in [3.63, 3.8) is 0 Å². The lowest BCUT2D eigenvalue weighted by Gasteiger charge is -2.47. The first-order valence-electron chi connectivity index (χ1n) is 10.2. The molecule has 0 saturated carbocycles. The third-order valence-electron chi connectivity index (χ3n) is 6.57. The van der Waals surface area contributed by atoms with Gasteiger partial charge in [0.05, 0.1) is 19.9 Å². The van der Waals surface area contributed by atoms with Gasteiger partial charge in [0.15, 0.2) is 11.5 Å². The average molecular weight is 390 g/mol. The summed E-state index contributed by atoms with van der Waals surface area (Å²) in [6.45, 7) is 1.84. The van der Waals surface area contributed by atoms with E-state index >= 15 is 0 Å². The third kappa shape index (κ3) is 2.96. The SMILES string of the molecule is COc1cc2c(cc1OC)C1CC(O)(c3nccc4ccccc34)CCN1CC2. The molecule has 0 radical (unpaired) electrons. The maximum Gasteiger partial charge on any atom is 0.161 e. The molecular formula is C24H26N2O3. The maximum atomic E-state index is 11.8. The van der Waals surface area contributed by atoms with Gasteiger partial charge in [0.2, 0.25) is 0 Å². The quantitative estimate of drug-likeness (QED) is 0.737. The molecule has 1 aromatic heterocycles. The van der Waals surface area contributed by atoms with Crippen molar-refractivity contribution < 1.29 is 14.6 Å². The van der Waals surface area contributed by atoms with Crippen LogP contribution in [0.1, 0.15) is 35.7 Å². The lowest BCUT2D eigenvalue weighted by molar-refractivity contribution is -0.0575. The Morgan fingerprint density at radius 2 is 1.86 bits per heavy atom. The fraction of sp³-hybridized carbons (Fsp3) is 0.375. The number of hydrogen-bond acceptors (Lipinski definition) is 5. The van der Waals surface area contributed by atoms with Gasteiger partial charge in [-0.15, -0.1) is 0 Å². The number of piperidine rings is 1. The van der Waals surface area contributed by atoms with Crippen LogP contribution in [0.3, 0.4) is 0 Å². The first-order valence-corrected chi connectivity index (χ1v) is 10.2. The Balaban J connectivity index is 1.58. The summed E-state index contributed by atoms with van der Waals surface area (Å²) in [5.74, 6) is 1.51. The fourth-order valence-corrected chi connectivity index (χ4v) is 5.04. The smallest absolute Gasteiger partial charge is 0.161 e. The number of fused-ring (bicyclic) bond motifs is 4. The van der Waals surface area contributed by atoms with Gasteiger partial charge in [0.25, 0.3) is 0 Å². The molecule has 1 saturated heterocycles. The van der Waals surface area contributed by atoms with Crippen molar-refractivity contribution in [1.82, 2.24) is 9.88 Å². The van der Waals surface area contributed by atoms with Gasteiger partial charge >= 0.3 is 0 Å². The number of pyridine rings is 1. The van der Waals surface area contributed by atoms with Crippen LogP contribution >= 0.6 is 0 Å². The minimum Gasteiger partial charge on any atom is -0.493 e. The highest BCUT2D eigenvalue weighted by atomic mass is 16.5. The molecule has 2 aliphatic heterocycles. The Bertz CT molecular complexity index is 1060. The van der Waals surface area contributed by atoms with Gasteiger partial charge in [-0.05, 0) is 47.6 Å². The molecule has 2 aromatic carbocycles. The fourth-order valence-electron chi connectivity index (χ4n) is 5.04. The molecule has 0 amide bonds. The highest BCUT2D eigenvalue weighted by molar-refractivity contribution is 5.85. The van der Waals surface area contributed by atoms with Crippen LogP contribution in [-0.2, 0) is 12.0 Å². The zero-order valence-electron chi connectivity index (χ0n) is 16.9. The summed E-state index contributed by atoms with van der Waals surface area (Å²) >= 11 is 0. The molecule has 2 atom stereocenters. The van der Waals surface area contributed by atoms with E-state index in [4.69, 9.17) is 9.47 Å². The Hall–Kier alpha value is -2.63. The van der Waals surface area contributed by atoms with Gasteiger partial charge in [0, 0.05) is 37.1 Å². The van der Waals surface area contributed by atoms with Crippen LogP contribution in [0.4, 0.5) is 0 Å². The monoisotopic (exact) mass is 390 g/mol. The Morgan fingerprint density at radius 3 is 2.69 bits per heavy atom. The lowest BCUT2D eigenvalue weighted by atomic mass is 9.77. The number of benzene rings is 2. The van der Waals surface area contributed by atoms with E-state index in [1.54, 1.807) is 14.2 Å². The standard InChI is InChI=1S/C24H26N2O3/c1-28-21-13-17-8-11-26-12-9-24(27,15-20(26)19(17)14-22(21)29-2)23-18-6-4-3-5-16(18)7-10-25-23/h3-7,10,13-14,20,27H,8-9,11-12,15H2,1-2H3. The maximum absolute atomic E-state index is 11.8. The summed E-state index contributed by atoms with van der Waals surface area (Å²) in [5.41, 5.74) is 2.35. The van der Waals surface area contributed by atoms with Gasteiger partial charge in [-0.3, -0.25) is 9.88 Å². The third-order valence-corrected chi connectivity index (χ3v) is 6.57. The Morgan fingerprint density at radius 1 is 1.07 bits per heavy atom. The molecule has 2 unspecified atom stereocenters. The first kappa shape index (κ1) is 18.4. The van der Waals surface area contributed by atoms with Gasteiger partial charge in [-0.2, -0.15) is 0 Å². The van der Waals surface area contributed by atoms with Crippen molar-refractivity contribution in [2.75, 3.05) is 27.3 Å². The van der Waals surface area contributed by atoms with E-state index in [2.05, 4.69) is 34.1 Å².